The predicted octanol–water partition coefficient (Wildman–Crippen LogP) is -0.300. The van der Waals surface area contributed by atoms with Crippen molar-refractivity contribution in [3.05, 3.63) is 29.3 Å². The van der Waals surface area contributed by atoms with E-state index in [-0.39, 0.29) is 24.8 Å². The van der Waals surface area contributed by atoms with Gasteiger partial charge in [0.2, 0.25) is 11.8 Å². The van der Waals surface area contributed by atoms with Crippen molar-refractivity contribution < 1.29 is 19.2 Å². The molecule has 2 heterocycles. The van der Waals surface area contributed by atoms with Crippen LogP contribution >= 0.6 is 0 Å². The summed E-state index contributed by atoms with van der Waals surface area (Å²) in [4.78, 5) is 41.6. The maximum absolute atomic E-state index is 12.4. The number of hydrogen-bond acceptors (Lipinski definition) is 5. The standard InChI is InChI=1S/C13H13N3O4/c14-20-10-3-1-2-7-8(10)6-16(13(7)19)9-4-5-11(17)15-12(9)18/h1-3,9H,4-6,14H2,(H,15,17,18). The molecule has 3 rings (SSSR count). The first-order valence-corrected chi connectivity index (χ1v) is 6.25. The average Bonchev–Trinajstić information content (AvgIpc) is 2.76. The molecular formula is C13H13N3O4. The monoisotopic (exact) mass is 275 g/mol. The summed E-state index contributed by atoms with van der Waals surface area (Å²) < 4.78 is 0. The van der Waals surface area contributed by atoms with Crippen LogP contribution in [0.15, 0.2) is 18.2 Å². The summed E-state index contributed by atoms with van der Waals surface area (Å²) in [7, 11) is 0. The highest BCUT2D eigenvalue weighted by atomic mass is 16.6. The van der Waals surface area contributed by atoms with Gasteiger partial charge in [-0.15, -0.1) is 0 Å². The first-order valence-electron chi connectivity index (χ1n) is 6.25. The molecule has 7 heteroatoms. The molecule has 2 aliphatic heterocycles. The van der Waals surface area contributed by atoms with Gasteiger partial charge in [0.15, 0.2) is 5.75 Å². The zero-order valence-corrected chi connectivity index (χ0v) is 10.6. The highest BCUT2D eigenvalue weighted by molar-refractivity contribution is 6.05. The fourth-order valence-electron chi connectivity index (χ4n) is 2.67. The molecule has 2 aliphatic rings. The van der Waals surface area contributed by atoms with E-state index in [0.29, 0.717) is 23.3 Å². The molecule has 20 heavy (non-hydrogen) atoms. The maximum Gasteiger partial charge on any atom is 0.255 e. The van der Waals surface area contributed by atoms with Crippen molar-refractivity contribution in [3.8, 4) is 5.75 Å². The molecule has 7 nitrogen and oxygen atoms in total. The number of hydrogen-bond donors (Lipinski definition) is 2. The van der Waals surface area contributed by atoms with Crippen LogP contribution in [0.3, 0.4) is 0 Å². The van der Waals surface area contributed by atoms with Crippen molar-refractivity contribution in [1.29, 1.82) is 0 Å². The van der Waals surface area contributed by atoms with Crippen LogP contribution in [0.4, 0.5) is 0 Å². The second-order valence-electron chi connectivity index (χ2n) is 4.80. The second kappa shape index (κ2) is 4.61. The number of piperidine rings is 1. The minimum Gasteiger partial charge on any atom is -0.411 e. The maximum atomic E-state index is 12.4. The number of carbonyl (C=O) groups is 3. The molecule has 0 bridgehead atoms. The van der Waals surface area contributed by atoms with Crippen LogP contribution in [0, 0.1) is 0 Å². The highest BCUT2D eigenvalue weighted by Crippen LogP contribution is 2.32. The lowest BCUT2D eigenvalue weighted by Gasteiger charge is -2.29. The molecule has 1 aromatic rings. The van der Waals surface area contributed by atoms with Crippen LogP contribution < -0.4 is 16.1 Å². The molecule has 104 valence electrons. The summed E-state index contributed by atoms with van der Waals surface area (Å²) in [5.41, 5.74) is 1.15. The van der Waals surface area contributed by atoms with Crippen LogP contribution in [-0.4, -0.2) is 28.7 Å². The Kier molecular flexibility index (Phi) is 2.90. The van der Waals surface area contributed by atoms with Crippen LogP contribution in [0.25, 0.3) is 0 Å². The second-order valence-corrected chi connectivity index (χ2v) is 4.80. The highest BCUT2D eigenvalue weighted by Gasteiger charge is 2.40. The molecule has 1 atom stereocenters. The number of rotatable bonds is 2. The van der Waals surface area contributed by atoms with Gasteiger partial charge in [0, 0.05) is 17.5 Å². The molecule has 1 unspecified atom stereocenters. The Balaban J connectivity index is 1.90. The number of amides is 3. The van der Waals surface area contributed by atoms with E-state index in [4.69, 9.17) is 10.7 Å². The van der Waals surface area contributed by atoms with E-state index in [1.807, 2.05) is 0 Å². The number of nitrogens with two attached hydrogens (primary N) is 1. The molecule has 3 N–H and O–H groups in total. The van der Waals surface area contributed by atoms with Gasteiger partial charge in [-0.25, -0.2) is 0 Å². The lowest BCUT2D eigenvalue weighted by atomic mass is 10.0. The summed E-state index contributed by atoms with van der Waals surface area (Å²) in [6, 6.07) is 4.39. The van der Waals surface area contributed by atoms with E-state index in [2.05, 4.69) is 5.32 Å². The number of imide groups is 1. The average molecular weight is 275 g/mol. The minimum atomic E-state index is -0.627. The van der Waals surface area contributed by atoms with Gasteiger partial charge in [0.05, 0.1) is 6.54 Å². The molecular weight excluding hydrogens is 262 g/mol. The number of benzene rings is 1. The molecule has 0 saturated carbocycles. The zero-order chi connectivity index (χ0) is 14.3. The first kappa shape index (κ1) is 12.6. The van der Waals surface area contributed by atoms with E-state index in [1.54, 1.807) is 18.2 Å². The van der Waals surface area contributed by atoms with Crippen molar-refractivity contribution in [2.24, 2.45) is 5.90 Å². The number of carbonyl (C=O) groups excluding carboxylic acids is 3. The topological polar surface area (TPSA) is 102 Å². The third-order valence-electron chi connectivity index (χ3n) is 3.67. The number of nitrogens with one attached hydrogen (secondary N) is 1. The van der Waals surface area contributed by atoms with Gasteiger partial charge in [-0.3, -0.25) is 19.7 Å². The molecule has 1 aromatic carbocycles. The Morgan fingerprint density at radius 3 is 2.80 bits per heavy atom. The van der Waals surface area contributed by atoms with Crippen LogP contribution in [-0.2, 0) is 16.1 Å². The van der Waals surface area contributed by atoms with Gasteiger partial charge in [0.1, 0.15) is 6.04 Å². The summed E-state index contributed by atoms with van der Waals surface area (Å²) >= 11 is 0. The summed E-state index contributed by atoms with van der Waals surface area (Å²) in [5.74, 6) is 4.63. The van der Waals surface area contributed by atoms with E-state index < -0.39 is 11.9 Å². The lowest BCUT2D eigenvalue weighted by Crippen LogP contribution is -2.52. The molecule has 3 amide bonds. The van der Waals surface area contributed by atoms with Crippen molar-refractivity contribution in [2.75, 3.05) is 0 Å². The Morgan fingerprint density at radius 1 is 1.30 bits per heavy atom. The fraction of sp³-hybridized carbons (Fsp3) is 0.308. The number of nitrogens with zero attached hydrogens (tertiary/aromatic N) is 1. The third-order valence-corrected chi connectivity index (χ3v) is 3.67. The quantitative estimate of drug-likeness (QED) is 0.570. The van der Waals surface area contributed by atoms with Crippen molar-refractivity contribution in [1.82, 2.24) is 10.2 Å². The van der Waals surface area contributed by atoms with Crippen molar-refractivity contribution >= 4 is 17.7 Å². The molecule has 0 aliphatic carbocycles. The van der Waals surface area contributed by atoms with E-state index in [1.165, 1.54) is 4.90 Å². The Bertz CT molecular complexity index is 614. The fourth-order valence-corrected chi connectivity index (χ4v) is 2.67. The van der Waals surface area contributed by atoms with Crippen LogP contribution in [0.2, 0.25) is 0 Å². The lowest BCUT2D eigenvalue weighted by molar-refractivity contribution is -0.136. The predicted molar refractivity (Wildman–Crippen MR) is 67.3 cm³/mol. The zero-order valence-electron chi connectivity index (χ0n) is 10.6. The van der Waals surface area contributed by atoms with E-state index in [9.17, 15) is 14.4 Å². The van der Waals surface area contributed by atoms with Crippen LogP contribution in [0.5, 0.6) is 5.75 Å². The Morgan fingerprint density at radius 2 is 2.10 bits per heavy atom. The number of fused-ring (bicyclic) bond motifs is 1. The van der Waals surface area contributed by atoms with Crippen molar-refractivity contribution in [2.45, 2.75) is 25.4 Å². The van der Waals surface area contributed by atoms with Gasteiger partial charge >= 0.3 is 0 Å². The summed E-state index contributed by atoms with van der Waals surface area (Å²) in [5, 5.41) is 2.25. The Labute approximate surface area is 114 Å². The molecule has 1 saturated heterocycles. The normalized spacial score (nSPS) is 21.8. The molecule has 0 aromatic heterocycles. The van der Waals surface area contributed by atoms with Crippen molar-refractivity contribution in [3.63, 3.8) is 0 Å². The smallest absolute Gasteiger partial charge is 0.255 e. The minimum absolute atomic E-state index is 0.233. The van der Waals surface area contributed by atoms with Gasteiger partial charge in [-0.2, -0.15) is 5.90 Å². The largest absolute Gasteiger partial charge is 0.411 e. The SMILES string of the molecule is NOc1cccc2c1CN(C1CCC(=O)NC1=O)C2=O. The molecule has 0 radical (unpaired) electrons. The first-order chi connectivity index (χ1) is 9.61. The Hall–Kier alpha value is -2.41. The van der Waals surface area contributed by atoms with Gasteiger partial charge < -0.3 is 9.74 Å². The molecule has 1 fully saturated rings. The molecule has 0 spiro atoms. The van der Waals surface area contributed by atoms with Gasteiger partial charge in [-0.05, 0) is 18.6 Å². The van der Waals surface area contributed by atoms with E-state index in [0.717, 1.165) is 0 Å². The van der Waals surface area contributed by atoms with Gasteiger partial charge in [0.25, 0.3) is 5.91 Å². The van der Waals surface area contributed by atoms with Gasteiger partial charge in [-0.1, -0.05) is 6.07 Å². The third kappa shape index (κ3) is 1.83. The van der Waals surface area contributed by atoms with Crippen LogP contribution in [0.1, 0.15) is 28.8 Å². The summed E-state index contributed by atoms with van der Waals surface area (Å²) in [6.45, 7) is 0.258. The van der Waals surface area contributed by atoms with E-state index >= 15 is 0 Å². The summed E-state index contributed by atoms with van der Waals surface area (Å²) in [6.07, 6.45) is 0.569.